The minimum Gasteiger partial charge on any atom is -0.494 e. The Labute approximate surface area is 155 Å². The van der Waals surface area contributed by atoms with Gasteiger partial charge in [0, 0.05) is 13.1 Å². The normalized spacial score (nSPS) is 29.3. The molecule has 0 spiro atoms. The highest BCUT2D eigenvalue weighted by atomic mass is 16.5. The van der Waals surface area contributed by atoms with Crippen LogP contribution < -0.4 is 9.64 Å². The quantitative estimate of drug-likeness (QED) is 0.760. The Hall–Kier alpha value is -1.88. The van der Waals surface area contributed by atoms with Crippen molar-refractivity contribution in [3.05, 3.63) is 24.3 Å². The second-order valence-corrected chi connectivity index (χ2v) is 7.89. The lowest BCUT2D eigenvalue weighted by atomic mass is 9.82. The fraction of sp³-hybridized carbons (Fsp3) is 0.619. The van der Waals surface area contributed by atoms with Crippen molar-refractivity contribution in [1.29, 1.82) is 0 Å². The number of ether oxygens (including phenoxy) is 1. The largest absolute Gasteiger partial charge is 0.494 e. The topological polar surface area (TPSA) is 49.9 Å². The predicted octanol–water partition coefficient (Wildman–Crippen LogP) is 3.23. The summed E-state index contributed by atoms with van der Waals surface area (Å²) >= 11 is 0. The van der Waals surface area contributed by atoms with Crippen molar-refractivity contribution in [2.24, 2.45) is 11.8 Å². The van der Waals surface area contributed by atoms with Crippen LogP contribution in [0.5, 0.6) is 5.75 Å². The summed E-state index contributed by atoms with van der Waals surface area (Å²) in [6.45, 7) is 4.68. The second-order valence-electron chi connectivity index (χ2n) is 7.89. The molecule has 3 fully saturated rings. The lowest BCUT2D eigenvalue weighted by Crippen LogP contribution is -2.41. The molecule has 3 aliphatic rings. The summed E-state index contributed by atoms with van der Waals surface area (Å²) in [7, 11) is 0. The molecule has 2 heterocycles. The SMILES string of the molecule is CCCOc1ccc(N2C(=O)C[C@H](N3C[C@H]4CCCC[C@@H]4C3)C2=O)cc1. The van der Waals surface area contributed by atoms with Gasteiger partial charge in [-0.3, -0.25) is 14.5 Å². The maximum absolute atomic E-state index is 13.0. The predicted molar refractivity (Wildman–Crippen MR) is 100 cm³/mol. The Bertz CT molecular complexity index is 658. The average Bonchev–Trinajstić information content (AvgIpc) is 3.21. The maximum atomic E-state index is 13.0. The van der Waals surface area contributed by atoms with E-state index in [0.717, 1.165) is 37.1 Å². The molecule has 0 unspecified atom stereocenters. The maximum Gasteiger partial charge on any atom is 0.251 e. The van der Waals surface area contributed by atoms with Gasteiger partial charge < -0.3 is 4.74 Å². The van der Waals surface area contributed by atoms with Gasteiger partial charge in [-0.1, -0.05) is 19.8 Å². The molecular formula is C21H28N2O3. The highest BCUT2D eigenvalue weighted by molar-refractivity contribution is 6.22. The van der Waals surface area contributed by atoms with Crippen molar-refractivity contribution in [2.75, 3.05) is 24.6 Å². The van der Waals surface area contributed by atoms with E-state index in [-0.39, 0.29) is 17.9 Å². The highest BCUT2D eigenvalue weighted by Gasteiger charge is 2.46. The van der Waals surface area contributed by atoms with E-state index in [0.29, 0.717) is 18.7 Å². The number of amides is 2. The number of fused-ring (bicyclic) bond motifs is 1. The summed E-state index contributed by atoms with van der Waals surface area (Å²) in [5.41, 5.74) is 0.656. The zero-order valence-corrected chi connectivity index (χ0v) is 15.5. The molecule has 0 aromatic heterocycles. The molecule has 2 saturated heterocycles. The molecule has 1 aliphatic carbocycles. The van der Waals surface area contributed by atoms with Crippen LogP contribution in [0.15, 0.2) is 24.3 Å². The minimum atomic E-state index is -0.274. The van der Waals surface area contributed by atoms with Crippen LogP contribution in [0, 0.1) is 11.8 Å². The molecule has 1 saturated carbocycles. The smallest absolute Gasteiger partial charge is 0.251 e. The standard InChI is InChI=1S/C21H28N2O3/c1-2-11-26-18-9-7-17(8-10-18)23-20(24)12-19(21(23)25)22-13-15-5-3-4-6-16(15)14-22/h7-10,15-16,19H,2-6,11-14H2,1H3/t15-,16-,19+/m1/s1. The Kier molecular flexibility index (Phi) is 4.98. The van der Waals surface area contributed by atoms with Crippen molar-refractivity contribution < 1.29 is 14.3 Å². The monoisotopic (exact) mass is 356 g/mol. The van der Waals surface area contributed by atoms with Gasteiger partial charge in [0.2, 0.25) is 5.91 Å². The Morgan fingerprint density at radius 1 is 1.04 bits per heavy atom. The van der Waals surface area contributed by atoms with Gasteiger partial charge in [0.25, 0.3) is 5.91 Å². The molecule has 1 aromatic rings. The summed E-state index contributed by atoms with van der Waals surface area (Å²) in [4.78, 5) is 29.2. The number of likely N-dealkylation sites (tertiary alicyclic amines) is 1. The van der Waals surface area contributed by atoms with Gasteiger partial charge in [-0.2, -0.15) is 0 Å². The van der Waals surface area contributed by atoms with Gasteiger partial charge in [-0.25, -0.2) is 4.90 Å². The number of carbonyl (C=O) groups is 2. The lowest BCUT2D eigenvalue weighted by molar-refractivity contribution is -0.122. The van der Waals surface area contributed by atoms with Gasteiger partial charge in [-0.15, -0.1) is 0 Å². The fourth-order valence-corrected chi connectivity index (χ4v) is 4.78. The number of hydrogen-bond acceptors (Lipinski definition) is 4. The van der Waals surface area contributed by atoms with Crippen molar-refractivity contribution >= 4 is 17.5 Å². The van der Waals surface area contributed by atoms with Crippen LogP contribution in [-0.2, 0) is 9.59 Å². The van der Waals surface area contributed by atoms with Crippen molar-refractivity contribution in [1.82, 2.24) is 4.90 Å². The minimum absolute atomic E-state index is 0.0594. The fourth-order valence-electron chi connectivity index (χ4n) is 4.78. The first-order valence-electron chi connectivity index (χ1n) is 10.0. The molecule has 5 nitrogen and oxygen atoms in total. The van der Waals surface area contributed by atoms with Crippen LogP contribution in [0.25, 0.3) is 0 Å². The number of benzene rings is 1. The lowest BCUT2D eigenvalue weighted by Gasteiger charge is -2.23. The third-order valence-electron chi connectivity index (χ3n) is 6.14. The van der Waals surface area contributed by atoms with E-state index >= 15 is 0 Å². The summed E-state index contributed by atoms with van der Waals surface area (Å²) in [5.74, 6) is 2.06. The van der Waals surface area contributed by atoms with Gasteiger partial charge in [0.15, 0.2) is 0 Å². The second kappa shape index (κ2) is 7.39. The van der Waals surface area contributed by atoms with Crippen LogP contribution in [0.3, 0.4) is 0 Å². The van der Waals surface area contributed by atoms with Gasteiger partial charge in [-0.05, 0) is 55.4 Å². The molecule has 0 radical (unpaired) electrons. The number of rotatable bonds is 5. The summed E-state index contributed by atoms with van der Waals surface area (Å²) in [6, 6.07) is 7.02. The molecule has 26 heavy (non-hydrogen) atoms. The van der Waals surface area contributed by atoms with Crippen molar-refractivity contribution in [2.45, 2.75) is 51.5 Å². The van der Waals surface area contributed by atoms with Crippen molar-refractivity contribution in [3.8, 4) is 5.75 Å². The molecule has 2 aliphatic heterocycles. The number of nitrogens with zero attached hydrogens (tertiary/aromatic N) is 2. The third-order valence-corrected chi connectivity index (χ3v) is 6.14. The van der Waals surface area contributed by atoms with E-state index in [9.17, 15) is 9.59 Å². The van der Waals surface area contributed by atoms with Crippen LogP contribution in [0.4, 0.5) is 5.69 Å². The molecule has 0 bridgehead atoms. The third kappa shape index (κ3) is 3.25. The van der Waals surface area contributed by atoms with Crippen LogP contribution in [0.1, 0.15) is 45.4 Å². The number of carbonyl (C=O) groups excluding carboxylic acids is 2. The number of hydrogen-bond donors (Lipinski definition) is 0. The molecule has 2 amide bonds. The van der Waals surface area contributed by atoms with E-state index in [1.807, 2.05) is 24.3 Å². The molecule has 3 atom stereocenters. The molecular weight excluding hydrogens is 328 g/mol. The van der Waals surface area contributed by atoms with E-state index < -0.39 is 0 Å². The van der Waals surface area contributed by atoms with Gasteiger partial charge in [0.05, 0.1) is 24.8 Å². The molecule has 1 aromatic carbocycles. The van der Waals surface area contributed by atoms with Crippen molar-refractivity contribution in [3.63, 3.8) is 0 Å². The highest BCUT2D eigenvalue weighted by Crippen LogP contribution is 2.38. The Balaban J connectivity index is 1.45. The van der Waals surface area contributed by atoms with E-state index in [1.54, 1.807) is 0 Å². The van der Waals surface area contributed by atoms with Crippen LogP contribution in [-0.4, -0.2) is 42.5 Å². The van der Waals surface area contributed by atoms with Crippen LogP contribution >= 0.6 is 0 Å². The zero-order chi connectivity index (χ0) is 18.1. The van der Waals surface area contributed by atoms with Gasteiger partial charge in [0.1, 0.15) is 5.75 Å². The first-order valence-corrected chi connectivity index (χ1v) is 10.0. The molecule has 0 N–H and O–H groups in total. The van der Waals surface area contributed by atoms with Gasteiger partial charge >= 0.3 is 0 Å². The number of anilines is 1. The number of imide groups is 1. The van der Waals surface area contributed by atoms with E-state index in [4.69, 9.17) is 4.74 Å². The Morgan fingerprint density at radius 3 is 2.31 bits per heavy atom. The van der Waals surface area contributed by atoms with E-state index in [1.165, 1.54) is 30.6 Å². The summed E-state index contributed by atoms with van der Waals surface area (Å²) in [6.07, 6.45) is 6.44. The molecule has 140 valence electrons. The average molecular weight is 356 g/mol. The molecule has 4 rings (SSSR count). The van der Waals surface area contributed by atoms with Crippen LogP contribution in [0.2, 0.25) is 0 Å². The first kappa shape index (κ1) is 17.5. The summed E-state index contributed by atoms with van der Waals surface area (Å²) < 4.78 is 5.59. The summed E-state index contributed by atoms with van der Waals surface area (Å²) in [5, 5.41) is 0. The zero-order valence-electron chi connectivity index (χ0n) is 15.5. The molecule has 5 heteroatoms. The van der Waals surface area contributed by atoms with E-state index in [2.05, 4.69) is 11.8 Å². The Morgan fingerprint density at radius 2 is 1.69 bits per heavy atom. The first-order chi connectivity index (χ1) is 12.7.